The molecule has 1 N–H and O–H groups in total. The number of benzene rings is 1. The number of nitro groups is 1. The first kappa shape index (κ1) is 7.53. The van der Waals surface area contributed by atoms with E-state index >= 15 is 0 Å². The molecule has 0 saturated carbocycles. The number of phenolic OH excluding ortho intramolecular Hbond substituents is 1. The van der Waals surface area contributed by atoms with Crippen molar-refractivity contribution in [1.29, 1.82) is 0 Å². The van der Waals surface area contributed by atoms with E-state index < -0.39 is 4.92 Å². The van der Waals surface area contributed by atoms with Crippen LogP contribution in [0, 0.1) is 17.0 Å². The topological polar surface area (TPSA) is 63.4 Å². The van der Waals surface area contributed by atoms with Crippen molar-refractivity contribution in [1.82, 2.24) is 0 Å². The van der Waals surface area contributed by atoms with Gasteiger partial charge >= 0.3 is 0 Å². The highest BCUT2D eigenvalue weighted by Crippen LogP contribution is 2.22. The molecular weight excluding hydrogens is 146 g/mol. The minimum Gasteiger partial charge on any atom is -0.508 e. The molecule has 11 heavy (non-hydrogen) atoms. The zero-order valence-corrected chi connectivity index (χ0v) is 5.65. The second-order valence-electron chi connectivity index (χ2n) is 2.07. The fourth-order valence-electron chi connectivity index (χ4n) is 0.722. The van der Waals surface area contributed by atoms with Gasteiger partial charge in [0.2, 0.25) is 0 Å². The minimum atomic E-state index is -0.581. The number of phenols is 1. The minimum absolute atomic E-state index is 0.121. The third kappa shape index (κ3) is 1.46. The summed E-state index contributed by atoms with van der Waals surface area (Å²) in [5, 5.41) is 19.1. The first-order valence-electron chi connectivity index (χ1n) is 2.90. The van der Waals surface area contributed by atoms with Gasteiger partial charge in [-0.25, -0.2) is 0 Å². The van der Waals surface area contributed by atoms with Crippen molar-refractivity contribution in [3.8, 4) is 5.75 Å². The summed E-state index contributed by atoms with van der Waals surface area (Å²) in [4.78, 5) is 9.65. The predicted molar refractivity (Wildman–Crippen MR) is 39.2 cm³/mol. The van der Waals surface area contributed by atoms with Gasteiger partial charge in [0.05, 0.1) is 11.0 Å². The fraction of sp³-hybridized carbons (Fsp3) is 0. The van der Waals surface area contributed by atoms with Crippen molar-refractivity contribution in [2.75, 3.05) is 0 Å². The van der Waals surface area contributed by atoms with Crippen LogP contribution in [0.3, 0.4) is 0 Å². The Morgan fingerprint density at radius 2 is 2.18 bits per heavy atom. The second kappa shape index (κ2) is 2.57. The van der Waals surface area contributed by atoms with E-state index in [1.807, 2.05) is 0 Å². The Balaban J connectivity index is 3.23. The molecule has 0 amide bonds. The van der Waals surface area contributed by atoms with Gasteiger partial charge in [0.25, 0.3) is 5.69 Å². The molecule has 0 bridgehead atoms. The van der Waals surface area contributed by atoms with Crippen molar-refractivity contribution < 1.29 is 10.0 Å². The molecule has 0 spiro atoms. The van der Waals surface area contributed by atoms with Crippen molar-refractivity contribution >= 4 is 5.69 Å². The van der Waals surface area contributed by atoms with E-state index in [0.717, 1.165) is 6.07 Å². The molecule has 1 radical (unpaired) electrons. The predicted octanol–water partition coefficient (Wildman–Crippen LogP) is 1.48. The van der Waals surface area contributed by atoms with Gasteiger partial charge in [0, 0.05) is 5.56 Å². The molecule has 0 atom stereocenters. The third-order valence-electron chi connectivity index (χ3n) is 1.27. The van der Waals surface area contributed by atoms with Gasteiger partial charge in [-0.3, -0.25) is 10.1 Å². The molecule has 0 aliphatic carbocycles. The maximum Gasteiger partial charge on any atom is 0.276 e. The highest BCUT2D eigenvalue weighted by Gasteiger charge is 2.09. The SMILES string of the molecule is [CH2]c1ccc(O)cc1[N+](=O)[O-]. The third-order valence-corrected chi connectivity index (χ3v) is 1.27. The molecule has 0 aliphatic rings. The molecule has 0 heterocycles. The zero-order valence-electron chi connectivity index (χ0n) is 5.65. The van der Waals surface area contributed by atoms with Crippen LogP contribution in [0.25, 0.3) is 0 Å². The largest absolute Gasteiger partial charge is 0.508 e. The first-order valence-corrected chi connectivity index (χ1v) is 2.90. The van der Waals surface area contributed by atoms with Crippen LogP contribution in [-0.2, 0) is 0 Å². The maximum atomic E-state index is 10.2. The summed E-state index contributed by atoms with van der Waals surface area (Å²) >= 11 is 0. The van der Waals surface area contributed by atoms with Crippen LogP contribution in [0.2, 0.25) is 0 Å². The Bertz CT molecular complexity index is 296. The molecule has 1 rings (SSSR count). The summed E-state index contributed by atoms with van der Waals surface area (Å²) in [7, 11) is 0. The lowest BCUT2D eigenvalue weighted by molar-refractivity contribution is -0.385. The average Bonchev–Trinajstić information content (AvgIpc) is 1.94. The normalized spacial score (nSPS) is 9.55. The zero-order chi connectivity index (χ0) is 8.43. The van der Waals surface area contributed by atoms with E-state index in [-0.39, 0.29) is 11.4 Å². The maximum absolute atomic E-state index is 10.2. The van der Waals surface area contributed by atoms with Gasteiger partial charge in [-0.05, 0) is 19.1 Å². The molecule has 0 aromatic heterocycles. The van der Waals surface area contributed by atoms with Crippen molar-refractivity contribution in [2.45, 2.75) is 0 Å². The van der Waals surface area contributed by atoms with Crippen LogP contribution < -0.4 is 0 Å². The lowest BCUT2D eigenvalue weighted by Crippen LogP contribution is -1.90. The lowest BCUT2D eigenvalue weighted by Gasteiger charge is -1.95. The molecule has 0 fully saturated rings. The van der Waals surface area contributed by atoms with E-state index in [9.17, 15) is 10.1 Å². The van der Waals surface area contributed by atoms with E-state index in [1.165, 1.54) is 12.1 Å². The Morgan fingerprint density at radius 1 is 1.55 bits per heavy atom. The van der Waals surface area contributed by atoms with Crippen LogP contribution in [0.4, 0.5) is 5.69 Å². The number of aromatic hydroxyl groups is 1. The fourth-order valence-corrected chi connectivity index (χ4v) is 0.722. The van der Waals surface area contributed by atoms with Crippen molar-refractivity contribution in [3.05, 3.63) is 40.8 Å². The van der Waals surface area contributed by atoms with Gasteiger partial charge in [-0.2, -0.15) is 0 Å². The van der Waals surface area contributed by atoms with Gasteiger partial charge < -0.3 is 5.11 Å². The van der Waals surface area contributed by atoms with Gasteiger partial charge in [0.15, 0.2) is 0 Å². The highest BCUT2D eigenvalue weighted by atomic mass is 16.6. The monoisotopic (exact) mass is 152 g/mol. The molecule has 0 saturated heterocycles. The quantitative estimate of drug-likeness (QED) is 0.489. The van der Waals surface area contributed by atoms with Gasteiger partial charge in [0.1, 0.15) is 5.75 Å². The molecule has 0 unspecified atom stereocenters. The smallest absolute Gasteiger partial charge is 0.276 e. The van der Waals surface area contributed by atoms with Crippen LogP contribution in [0.1, 0.15) is 5.56 Å². The molecule has 1 aromatic carbocycles. The second-order valence-corrected chi connectivity index (χ2v) is 2.07. The number of hydrogen-bond donors (Lipinski definition) is 1. The first-order chi connectivity index (χ1) is 5.11. The Morgan fingerprint density at radius 3 is 2.64 bits per heavy atom. The van der Waals surface area contributed by atoms with Crippen LogP contribution in [0.15, 0.2) is 18.2 Å². The number of nitro benzene ring substituents is 1. The van der Waals surface area contributed by atoms with Gasteiger partial charge in [-0.1, -0.05) is 0 Å². The Labute approximate surface area is 63.2 Å². The molecule has 0 aliphatic heterocycles. The van der Waals surface area contributed by atoms with Gasteiger partial charge in [-0.15, -0.1) is 0 Å². The van der Waals surface area contributed by atoms with Crippen molar-refractivity contribution in [3.63, 3.8) is 0 Å². The number of nitrogens with zero attached hydrogens (tertiary/aromatic N) is 1. The number of hydrogen-bond acceptors (Lipinski definition) is 3. The Hall–Kier alpha value is -1.58. The van der Waals surface area contributed by atoms with Crippen molar-refractivity contribution in [2.24, 2.45) is 0 Å². The van der Waals surface area contributed by atoms with E-state index in [4.69, 9.17) is 5.11 Å². The summed E-state index contributed by atoms with van der Waals surface area (Å²) in [6, 6.07) is 3.82. The summed E-state index contributed by atoms with van der Waals surface area (Å²) in [6.45, 7) is 3.43. The summed E-state index contributed by atoms with van der Waals surface area (Å²) in [6.07, 6.45) is 0. The molecule has 4 heteroatoms. The van der Waals surface area contributed by atoms with E-state index in [0.29, 0.717) is 5.56 Å². The molecular formula is C7H6NO3. The standard InChI is InChI=1S/C7H6NO3/c1-5-2-3-6(9)4-7(5)8(10)11/h2-4,9H,1H2. The lowest BCUT2D eigenvalue weighted by atomic mass is 10.2. The molecule has 57 valence electrons. The van der Waals surface area contributed by atoms with Crippen LogP contribution >= 0.6 is 0 Å². The molecule has 4 nitrogen and oxygen atoms in total. The summed E-state index contributed by atoms with van der Waals surface area (Å²) < 4.78 is 0. The summed E-state index contributed by atoms with van der Waals surface area (Å²) in [5.74, 6) is -0.121. The number of rotatable bonds is 1. The van der Waals surface area contributed by atoms with E-state index in [1.54, 1.807) is 0 Å². The Kier molecular flexibility index (Phi) is 1.76. The summed E-state index contributed by atoms with van der Waals surface area (Å²) in [5.41, 5.74) is 0.137. The van der Waals surface area contributed by atoms with E-state index in [2.05, 4.69) is 6.92 Å². The highest BCUT2D eigenvalue weighted by molar-refractivity contribution is 5.46. The van der Waals surface area contributed by atoms with Crippen LogP contribution in [0.5, 0.6) is 5.75 Å². The van der Waals surface area contributed by atoms with Crippen LogP contribution in [-0.4, -0.2) is 10.0 Å². The average molecular weight is 152 g/mol. The molecule has 1 aromatic rings.